The van der Waals surface area contributed by atoms with Crippen molar-refractivity contribution in [3.05, 3.63) is 59.7 Å². The summed E-state index contributed by atoms with van der Waals surface area (Å²) in [7, 11) is 0. The molecule has 2 aromatic carbocycles. The summed E-state index contributed by atoms with van der Waals surface area (Å²) >= 11 is 0. The Kier molecular flexibility index (Phi) is 7.45. The molecule has 3 N–H and O–H groups in total. The third kappa shape index (κ3) is 5.21. The van der Waals surface area contributed by atoms with E-state index in [2.05, 4.69) is 5.32 Å². The van der Waals surface area contributed by atoms with E-state index in [1.165, 1.54) is 5.56 Å². The van der Waals surface area contributed by atoms with E-state index in [0.29, 0.717) is 13.1 Å². The number of halogens is 1. The van der Waals surface area contributed by atoms with Gasteiger partial charge < -0.3 is 20.5 Å². The van der Waals surface area contributed by atoms with Crippen molar-refractivity contribution in [3.63, 3.8) is 0 Å². The lowest BCUT2D eigenvalue weighted by Gasteiger charge is -2.15. The molecule has 1 saturated heterocycles. The summed E-state index contributed by atoms with van der Waals surface area (Å²) in [4.78, 5) is 12.3. The molecule has 3 rings (SSSR count). The topological polar surface area (TPSA) is 73.6 Å². The molecule has 0 aromatic heterocycles. The second-order valence-electron chi connectivity index (χ2n) is 6.30. The minimum Gasteiger partial charge on any atom is -0.457 e. The fourth-order valence-corrected chi connectivity index (χ4v) is 2.85. The quantitative estimate of drug-likeness (QED) is 0.811. The molecular formula is C20H25ClN2O3. The summed E-state index contributed by atoms with van der Waals surface area (Å²) in [5.74, 6) is 1.41. The maximum atomic E-state index is 12.3. The molecule has 1 aliphatic rings. The van der Waals surface area contributed by atoms with Crippen LogP contribution < -0.4 is 15.8 Å². The lowest BCUT2D eigenvalue weighted by molar-refractivity contribution is -0.132. The number of hydrogen-bond donors (Lipinski definition) is 2. The number of nitrogens with one attached hydrogen (secondary N) is 1. The predicted molar refractivity (Wildman–Crippen MR) is 104 cm³/mol. The van der Waals surface area contributed by atoms with Crippen LogP contribution in [0.25, 0.3) is 0 Å². The van der Waals surface area contributed by atoms with Crippen molar-refractivity contribution < 1.29 is 14.3 Å². The Morgan fingerprint density at radius 3 is 2.62 bits per heavy atom. The highest BCUT2D eigenvalue weighted by molar-refractivity contribution is 5.85. The summed E-state index contributed by atoms with van der Waals surface area (Å²) in [5, 5.41) is 2.94. The predicted octanol–water partition coefficient (Wildman–Crippen LogP) is 3.33. The molecule has 6 heteroatoms. The molecule has 0 aliphatic carbocycles. The summed E-state index contributed by atoms with van der Waals surface area (Å²) in [6, 6.07) is 15.6. The molecule has 1 aliphatic heterocycles. The summed E-state index contributed by atoms with van der Waals surface area (Å²) in [5.41, 5.74) is 7.69. The Bertz CT molecular complexity index is 721. The smallest absolute Gasteiger partial charge is 0.249 e. The van der Waals surface area contributed by atoms with Gasteiger partial charge in [-0.1, -0.05) is 35.9 Å². The van der Waals surface area contributed by atoms with Crippen LogP contribution in [0.15, 0.2) is 48.5 Å². The Balaban J connectivity index is 0.00000243. The van der Waals surface area contributed by atoms with Gasteiger partial charge in [-0.15, -0.1) is 12.4 Å². The number of carbonyl (C=O) groups excluding carboxylic acids is 1. The Morgan fingerprint density at radius 2 is 1.92 bits per heavy atom. The monoisotopic (exact) mass is 376 g/mol. The number of carbonyl (C=O) groups is 1. The molecule has 26 heavy (non-hydrogen) atoms. The van der Waals surface area contributed by atoms with Crippen LogP contribution in [-0.4, -0.2) is 24.7 Å². The highest BCUT2D eigenvalue weighted by Gasteiger charge is 2.29. The zero-order valence-corrected chi connectivity index (χ0v) is 15.6. The van der Waals surface area contributed by atoms with E-state index < -0.39 is 6.10 Å². The van der Waals surface area contributed by atoms with Crippen LogP contribution in [-0.2, 0) is 16.1 Å². The van der Waals surface area contributed by atoms with Gasteiger partial charge in [0.25, 0.3) is 0 Å². The molecule has 5 nitrogen and oxygen atoms in total. The van der Waals surface area contributed by atoms with E-state index in [4.69, 9.17) is 15.2 Å². The number of ether oxygens (including phenoxy) is 2. The molecule has 2 atom stereocenters. The van der Waals surface area contributed by atoms with Gasteiger partial charge in [-0.25, -0.2) is 0 Å². The number of benzene rings is 2. The third-order valence-corrected chi connectivity index (χ3v) is 4.34. The summed E-state index contributed by atoms with van der Waals surface area (Å²) in [6.07, 6.45) is 1.14. The largest absolute Gasteiger partial charge is 0.457 e. The number of rotatable bonds is 6. The minimum absolute atomic E-state index is 0. The first kappa shape index (κ1) is 20.2. The van der Waals surface area contributed by atoms with Crippen molar-refractivity contribution in [1.29, 1.82) is 0 Å². The first-order valence-electron chi connectivity index (χ1n) is 8.61. The highest BCUT2D eigenvalue weighted by Crippen LogP contribution is 2.26. The normalized spacial score (nSPS) is 18.8. The van der Waals surface area contributed by atoms with Crippen LogP contribution in [0.2, 0.25) is 0 Å². The molecule has 0 bridgehead atoms. The van der Waals surface area contributed by atoms with E-state index in [1.54, 1.807) is 0 Å². The molecule has 0 unspecified atom stereocenters. The average Bonchev–Trinajstić information content (AvgIpc) is 3.12. The van der Waals surface area contributed by atoms with Gasteiger partial charge in [0.1, 0.15) is 17.6 Å². The van der Waals surface area contributed by atoms with Crippen LogP contribution >= 0.6 is 12.4 Å². The zero-order valence-electron chi connectivity index (χ0n) is 14.8. The van der Waals surface area contributed by atoms with Crippen molar-refractivity contribution in [2.24, 2.45) is 5.73 Å². The fourth-order valence-electron chi connectivity index (χ4n) is 2.85. The highest BCUT2D eigenvalue weighted by atomic mass is 35.5. The van der Waals surface area contributed by atoms with E-state index in [0.717, 1.165) is 29.9 Å². The molecule has 0 radical (unpaired) electrons. The molecule has 140 valence electrons. The SMILES string of the molecule is Cc1ccc(Oc2ccccc2CNC(=O)[C@@H]2CC[C@H](CN)O2)cc1.Cl. The second-order valence-corrected chi connectivity index (χ2v) is 6.30. The van der Waals surface area contributed by atoms with Crippen LogP contribution in [0.1, 0.15) is 24.0 Å². The van der Waals surface area contributed by atoms with Gasteiger partial charge in [-0.3, -0.25) is 4.79 Å². The standard InChI is InChI=1S/C20H24N2O3.ClH/c1-14-6-8-16(9-7-14)24-18-5-3-2-4-15(18)13-22-20(23)19-11-10-17(12-21)25-19;/h2-9,17,19H,10-13,21H2,1H3,(H,22,23);1H/t17-,19+;/m1./s1. The molecule has 1 heterocycles. The van der Waals surface area contributed by atoms with Gasteiger partial charge in [-0.05, 0) is 38.0 Å². The lowest BCUT2D eigenvalue weighted by atomic mass is 10.1. The van der Waals surface area contributed by atoms with Crippen molar-refractivity contribution in [3.8, 4) is 11.5 Å². The summed E-state index contributed by atoms with van der Waals surface area (Å²) < 4.78 is 11.6. The number of nitrogens with two attached hydrogens (primary N) is 1. The Labute approximate surface area is 160 Å². The van der Waals surface area contributed by atoms with Crippen molar-refractivity contribution in [2.45, 2.75) is 38.5 Å². The molecular weight excluding hydrogens is 352 g/mol. The van der Waals surface area contributed by atoms with E-state index in [1.807, 2.05) is 55.5 Å². The van der Waals surface area contributed by atoms with Crippen LogP contribution in [0.5, 0.6) is 11.5 Å². The van der Waals surface area contributed by atoms with Crippen molar-refractivity contribution >= 4 is 18.3 Å². The maximum absolute atomic E-state index is 12.3. The van der Waals surface area contributed by atoms with E-state index >= 15 is 0 Å². The molecule has 1 amide bonds. The zero-order chi connectivity index (χ0) is 17.6. The van der Waals surface area contributed by atoms with Gasteiger partial charge in [-0.2, -0.15) is 0 Å². The third-order valence-electron chi connectivity index (χ3n) is 4.34. The number of para-hydroxylation sites is 1. The van der Waals surface area contributed by atoms with Gasteiger partial charge in [0.2, 0.25) is 5.91 Å². The van der Waals surface area contributed by atoms with E-state index in [-0.39, 0.29) is 24.4 Å². The maximum Gasteiger partial charge on any atom is 0.249 e. The van der Waals surface area contributed by atoms with Crippen LogP contribution in [0, 0.1) is 6.92 Å². The lowest BCUT2D eigenvalue weighted by Crippen LogP contribution is -2.35. The fraction of sp³-hybridized carbons (Fsp3) is 0.350. The second kappa shape index (κ2) is 9.57. The van der Waals surface area contributed by atoms with Crippen LogP contribution in [0.4, 0.5) is 0 Å². The van der Waals surface area contributed by atoms with Gasteiger partial charge >= 0.3 is 0 Å². The number of hydrogen-bond acceptors (Lipinski definition) is 4. The Morgan fingerprint density at radius 1 is 1.19 bits per heavy atom. The first-order valence-corrected chi connectivity index (χ1v) is 8.61. The Hall–Kier alpha value is -2.08. The van der Waals surface area contributed by atoms with Gasteiger partial charge in [0, 0.05) is 18.7 Å². The molecule has 0 saturated carbocycles. The van der Waals surface area contributed by atoms with Gasteiger partial charge in [0.05, 0.1) is 6.10 Å². The number of amides is 1. The number of aryl methyl sites for hydroxylation is 1. The summed E-state index contributed by atoms with van der Waals surface area (Å²) in [6.45, 7) is 2.89. The molecule has 1 fully saturated rings. The first-order chi connectivity index (χ1) is 12.2. The molecule has 2 aromatic rings. The minimum atomic E-state index is -0.404. The van der Waals surface area contributed by atoms with E-state index in [9.17, 15) is 4.79 Å². The van der Waals surface area contributed by atoms with Crippen molar-refractivity contribution in [2.75, 3.05) is 6.54 Å². The van der Waals surface area contributed by atoms with Gasteiger partial charge in [0.15, 0.2) is 0 Å². The van der Waals surface area contributed by atoms with Crippen LogP contribution in [0.3, 0.4) is 0 Å². The van der Waals surface area contributed by atoms with Crippen molar-refractivity contribution in [1.82, 2.24) is 5.32 Å². The molecule has 0 spiro atoms. The average molecular weight is 377 g/mol.